The number of aliphatic hydroxyl groups is 1. The van der Waals surface area contributed by atoms with Gasteiger partial charge in [0.2, 0.25) is 0 Å². The van der Waals surface area contributed by atoms with Crippen molar-refractivity contribution in [3.8, 4) is 0 Å². The van der Waals surface area contributed by atoms with E-state index in [0.717, 1.165) is 30.2 Å². The highest BCUT2D eigenvalue weighted by molar-refractivity contribution is 5.75. The minimum absolute atomic E-state index is 0.117. The van der Waals surface area contributed by atoms with Crippen molar-refractivity contribution < 1.29 is 9.90 Å². The van der Waals surface area contributed by atoms with Crippen LogP contribution in [0.1, 0.15) is 44.4 Å². The smallest absolute Gasteiger partial charge is 0.318 e. The SMILES string of the molecule is Cc1cc(CNC(=O)N2CCC(O)C2(C)C)cc(N2CCCC2)n1. The molecule has 0 spiro atoms. The topological polar surface area (TPSA) is 68.7 Å². The molecular formula is C18H28N4O2. The first kappa shape index (κ1) is 17.0. The van der Waals surface area contributed by atoms with E-state index in [1.165, 1.54) is 12.8 Å². The number of likely N-dealkylation sites (tertiary alicyclic amines) is 1. The molecule has 2 aliphatic rings. The van der Waals surface area contributed by atoms with Gasteiger partial charge in [-0.2, -0.15) is 0 Å². The summed E-state index contributed by atoms with van der Waals surface area (Å²) in [6.07, 6.45) is 2.60. The Labute approximate surface area is 143 Å². The van der Waals surface area contributed by atoms with Gasteiger partial charge in [0.25, 0.3) is 0 Å². The van der Waals surface area contributed by atoms with Crippen molar-refractivity contribution in [3.63, 3.8) is 0 Å². The molecule has 24 heavy (non-hydrogen) atoms. The van der Waals surface area contributed by atoms with E-state index >= 15 is 0 Å². The van der Waals surface area contributed by atoms with Crippen LogP contribution >= 0.6 is 0 Å². The second-order valence-electron chi connectivity index (χ2n) is 7.44. The zero-order valence-electron chi connectivity index (χ0n) is 14.9. The Bertz CT molecular complexity index is 611. The molecule has 6 nitrogen and oxygen atoms in total. The fourth-order valence-corrected chi connectivity index (χ4v) is 3.64. The van der Waals surface area contributed by atoms with E-state index in [9.17, 15) is 9.90 Å². The summed E-state index contributed by atoms with van der Waals surface area (Å²) < 4.78 is 0. The number of rotatable bonds is 3. The highest BCUT2D eigenvalue weighted by Crippen LogP contribution is 2.28. The van der Waals surface area contributed by atoms with Crippen molar-refractivity contribution in [1.82, 2.24) is 15.2 Å². The molecule has 0 aliphatic carbocycles. The number of hydrogen-bond donors (Lipinski definition) is 2. The lowest BCUT2D eigenvalue weighted by atomic mass is 9.99. The van der Waals surface area contributed by atoms with Crippen molar-refractivity contribution in [2.24, 2.45) is 0 Å². The molecule has 2 fully saturated rings. The number of aromatic nitrogens is 1. The van der Waals surface area contributed by atoms with Crippen LogP contribution in [-0.4, -0.2) is 52.3 Å². The Morgan fingerprint density at radius 1 is 1.33 bits per heavy atom. The van der Waals surface area contributed by atoms with Crippen LogP contribution in [0.3, 0.4) is 0 Å². The molecule has 0 saturated carbocycles. The number of nitrogens with one attached hydrogen (secondary N) is 1. The second kappa shape index (κ2) is 6.59. The van der Waals surface area contributed by atoms with Gasteiger partial charge in [0.15, 0.2) is 0 Å². The molecule has 2 N–H and O–H groups in total. The fourth-order valence-electron chi connectivity index (χ4n) is 3.64. The quantitative estimate of drug-likeness (QED) is 0.889. The van der Waals surface area contributed by atoms with Gasteiger partial charge in [-0.1, -0.05) is 0 Å². The highest BCUT2D eigenvalue weighted by atomic mass is 16.3. The average molecular weight is 332 g/mol. The van der Waals surface area contributed by atoms with Crippen LogP contribution in [0.15, 0.2) is 12.1 Å². The average Bonchev–Trinajstić information content (AvgIpc) is 3.14. The van der Waals surface area contributed by atoms with Crippen molar-refractivity contribution >= 4 is 11.8 Å². The number of pyridine rings is 1. The second-order valence-corrected chi connectivity index (χ2v) is 7.44. The van der Waals surface area contributed by atoms with Crippen molar-refractivity contribution in [2.45, 2.75) is 58.2 Å². The van der Waals surface area contributed by atoms with Crippen LogP contribution in [-0.2, 0) is 6.54 Å². The third kappa shape index (κ3) is 3.34. The van der Waals surface area contributed by atoms with E-state index in [1.54, 1.807) is 4.90 Å². The van der Waals surface area contributed by atoms with Crippen LogP contribution in [0.2, 0.25) is 0 Å². The number of aliphatic hydroxyl groups excluding tert-OH is 1. The van der Waals surface area contributed by atoms with Crippen molar-refractivity contribution in [2.75, 3.05) is 24.5 Å². The van der Waals surface area contributed by atoms with Crippen LogP contribution in [0.4, 0.5) is 10.6 Å². The molecule has 0 aromatic carbocycles. The summed E-state index contributed by atoms with van der Waals surface area (Å²) in [6, 6.07) is 3.97. The molecular weight excluding hydrogens is 304 g/mol. The minimum atomic E-state index is -0.515. The van der Waals surface area contributed by atoms with Gasteiger partial charge in [0.05, 0.1) is 11.6 Å². The summed E-state index contributed by atoms with van der Waals surface area (Å²) in [4.78, 5) is 21.1. The largest absolute Gasteiger partial charge is 0.391 e. The van der Waals surface area contributed by atoms with Crippen molar-refractivity contribution in [1.29, 1.82) is 0 Å². The lowest BCUT2D eigenvalue weighted by Crippen LogP contribution is -2.51. The summed E-state index contributed by atoms with van der Waals surface area (Å²) in [7, 11) is 0. The lowest BCUT2D eigenvalue weighted by molar-refractivity contribution is 0.0696. The van der Waals surface area contributed by atoms with Crippen LogP contribution in [0.5, 0.6) is 0 Å². The number of carbonyl (C=O) groups is 1. The zero-order chi connectivity index (χ0) is 17.3. The Morgan fingerprint density at radius 2 is 2.04 bits per heavy atom. The Balaban J connectivity index is 1.65. The number of anilines is 1. The standard InChI is InChI=1S/C18H28N4O2/c1-13-10-14(11-16(20-13)21-7-4-5-8-21)12-19-17(24)22-9-6-15(23)18(22,2)3/h10-11,15,23H,4-9,12H2,1-3H3,(H,19,24). The summed E-state index contributed by atoms with van der Waals surface area (Å²) in [6.45, 7) is 8.99. The molecule has 1 unspecified atom stereocenters. The number of nitrogens with zero attached hydrogens (tertiary/aromatic N) is 3. The lowest BCUT2D eigenvalue weighted by Gasteiger charge is -2.33. The molecule has 3 heterocycles. The van der Waals surface area contributed by atoms with Gasteiger partial charge in [-0.25, -0.2) is 9.78 Å². The Morgan fingerprint density at radius 3 is 2.67 bits per heavy atom. The molecule has 0 bridgehead atoms. The van der Waals surface area contributed by atoms with Gasteiger partial charge in [0.1, 0.15) is 5.82 Å². The minimum Gasteiger partial charge on any atom is -0.391 e. The van der Waals surface area contributed by atoms with E-state index in [2.05, 4.69) is 21.3 Å². The molecule has 1 atom stereocenters. The monoisotopic (exact) mass is 332 g/mol. The van der Waals surface area contributed by atoms with E-state index in [1.807, 2.05) is 26.8 Å². The molecule has 1 aromatic rings. The number of carbonyl (C=O) groups excluding carboxylic acids is 1. The van der Waals surface area contributed by atoms with E-state index in [4.69, 9.17) is 0 Å². The number of urea groups is 1. The van der Waals surface area contributed by atoms with Crippen molar-refractivity contribution in [3.05, 3.63) is 23.4 Å². The number of amides is 2. The maximum absolute atomic E-state index is 12.5. The van der Waals surface area contributed by atoms with Gasteiger partial charge in [-0.15, -0.1) is 0 Å². The fraction of sp³-hybridized carbons (Fsp3) is 0.667. The summed E-state index contributed by atoms with van der Waals surface area (Å²) >= 11 is 0. The molecule has 6 heteroatoms. The van der Waals surface area contributed by atoms with E-state index in [-0.39, 0.29) is 6.03 Å². The number of aryl methyl sites for hydroxylation is 1. The first-order chi connectivity index (χ1) is 11.4. The normalized spacial score (nSPS) is 22.9. The molecule has 3 rings (SSSR count). The Kier molecular flexibility index (Phi) is 4.67. The third-order valence-electron chi connectivity index (χ3n) is 5.26. The maximum atomic E-state index is 12.5. The van der Waals surface area contributed by atoms with E-state index in [0.29, 0.717) is 19.5 Å². The molecule has 0 radical (unpaired) electrons. The summed E-state index contributed by atoms with van der Waals surface area (Å²) in [5.41, 5.74) is 1.52. The third-order valence-corrected chi connectivity index (χ3v) is 5.26. The first-order valence-corrected chi connectivity index (χ1v) is 8.84. The predicted molar refractivity (Wildman–Crippen MR) is 94.1 cm³/mol. The molecule has 1 aromatic heterocycles. The molecule has 132 valence electrons. The number of hydrogen-bond acceptors (Lipinski definition) is 4. The van der Waals surface area contributed by atoms with Gasteiger partial charge >= 0.3 is 6.03 Å². The molecule has 2 aliphatic heterocycles. The predicted octanol–water partition coefficient (Wildman–Crippen LogP) is 2.05. The highest BCUT2D eigenvalue weighted by Gasteiger charge is 2.42. The van der Waals surface area contributed by atoms with E-state index < -0.39 is 11.6 Å². The maximum Gasteiger partial charge on any atom is 0.318 e. The zero-order valence-corrected chi connectivity index (χ0v) is 14.9. The summed E-state index contributed by atoms with van der Waals surface area (Å²) in [5, 5.41) is 13.0. The molecule has 2 saturated heterocycles. The van der Waals surface area contributed by atoms with Crippen LogP contribution < -0.4 is 10.2 Å². The van der Waals surface area contributed by atoms with Gasteiger partial charge < -0.3 is 20.2 Å². The van der Waals surface area contributed by atoms with Crippen LogP contribution in [0.25, 0.3) is 0 Å². The first-order valence-electron chi connectivity index (χ1n) is 8.84. The van der Waals surface area contributed by atoms with Crippen LogP contribution in [0, 0.1) is 6.92 Å². The van der Waals surface area contributed by atoms with Gasteiger partial charge in [-0.05, 0) is 57.7 Å². The van der Waals surface area contributed by atoms with Gasteiger partial charge in [-0.3, -0.25) is 0 Å². The van der Waals surface area contributed by atoms with Gasteiger partial charge in [0, 0.05) is 31.9 Å². The summed E-state index contributed by atoms with van der Waals surface area (Å²) in [5.74, 6) is 1.01. The Hall–Kier alpha value is -1.82. The molecule has 2 amide bonds.